The molecule has 0 spiro atoms. The van der Waals surface area contributed by atoms with Crippen molar-refractivity contribution in [3.63, 3.8) is 0 Å². The fourth-order valence-electron chi connectivity index (χ4n) is 2.34. The van der Waals surface area contributed by atoms with Crippen molar-refractivity contribution in [1.29, 1.82) is 0 Å². The first kappa shape index (κ1) is 17.4. The average Bonchev–Trinajstić information content (AvgIpc) is 3.16. The second-order valence-corrected chi connectivity index (χ2v) is 6.86. The van der Waals surface area contributed by atoms with E-state index in [0.29, 0.717) is 39.0 Å². The van der Waals surface area contributed by atoms with E-state index in [4.69, 9.17) is 16.1 Å². The van der Waals surface area contributed by atoms with E-state index in [1.165, 1.54) is 17.8 Å². The zero-order valence-corrected chi connectivity index (χ0v) is 15.4. The molecule has 4 rings (SSSR count). The van der Waals surface area contributed by atoms with Crippen LogP contribution in [0.2, 0.25) is 5.02 Å². The maximum atomic E-state index is 11.9. The number of thioether (sulfide) groups is 1. The Bertz CT molecular complexity index is 1130. The van der Waals surface area contributed by atoms with Crippen LogP contribution in [0.25, 0.3) is 22.8 Å². The van der Waals surface area contributed by atoms with E-state index in [0.717, 1.165) is 5.56 Å². The van der Waals surface area contributed by atoms with Crippen molar-refractivity contribution < 1.29 is 4.52 Å². The van der Waals surface area contributed by atoms with Crippen LogP contribution in [0.5, 0.6) is 0 Å². The number of nitrogens with zero attached hydrogens (tertiary/aromatic N) is 4. The number of aromatic amines is 1. The molecular formula is C18H12ClN5O2S. The van der Waals surface area contributed by atoms with Gasteiger partial charge in [-0.25, -0.2) is 4.98 Å². The lowest BCUT2D eigenvalue weighted by Gasteiger charge is -2.02. The minimum atomic E-state index is -0.252. The summed E-state index contributed by atoms with van der Waals surface area (Å²) < 4.78 is 5.27. The van der Waals surface area contributed by atoms with Gasteiger partial charge in [-0.2, -0.15) is 4.98 Å². The van der Waals surface area contributed by atoms with E-state index in [1.807, 2.05) is 18.2 Å². The van der Waals surface area contributed by atoms with Crippen LogP contribution in [0.1, 0.15) is 5.89 Å². The predicted octanol–water partition coefficient (Wildman–Crippen LogP) is 3.83. The van der Waals surface area contributed by atoms with Gasteiger partial charge in [0.15, 0.2) is 5.16 Å². The van der Waals surface area contributed by atoms with Gasteiger partial charge in [0, 0.05) is 22.8 Å². The van der Waals surface area contributed by atoms with Crippen LogP contribution in [0.4, 0.5) is 0 Å². The highest BCUT2D eigenvalue weighted by Gasteiger charge is 2.11. The van der Waals surface area contributed by atoms with Crippen molar-refractivity contribution in [3.8, 4) is 22.8 Å². The second kappa shape index (κ2) is 7.73. The summed E-state index contributed by atoms with van der Waals surface area (Å²) >= 11 is 7.28. The Labute approximate surface area is 162 Å². The van der Waals surface area contributed by atoms with Crippen molar-refractivity contribution in [3.05, 3.63) is 76.0 Å². The number of aromatic nitrogens is 5. The van der Waals surface area contributed by atoms with Gasteiger partial charge in [0.05, 0.1) is 17.1 Å². The maximum absolute atomic E-state index is 11.9. The van der Waals surface area contributed by atoms with E-state index >= 15 is 0 Å². The Balaban J connectivity index is 1.51. The molecule has 0 aliphatic carbocycles. The summed E-state index contributed by atoms with van der Waals surface area (Å²) in [4.78, 5) is 27.6. The van der Waals surface area contributed by atoms with Gasteiger partial charge < -0.3 is 9.51 Å². The number of hydrogen-bond donors (Lipinski definition) is 1. The normalized spacial score (nSPS) is 10.9. The summed E-state index contributed by atoms with van der Waals surface area (Å²) in [5, 5.41) is 5.01. The van der Waals surface area contributed by atoms with E-state index in [9.17, 15) is 4.79 Å². The van der Waals surface area contributed by atoms with Crippen LogP contribution in [-0.4, -0.2) is 25.1 Å². The van der Waals surface area contributed by atoms with Gasteiger partial charge >= 0.3 is 0 Å². The molecule has 134 valence electrons. The number of pyridine rings is 1. The number of halogens is 1. The number of H-pyrrole nitrogens is 1. The SMILES string of the molecule is O=c1cc(-c2ccccn2)nc(SCc2nc(-c3cccc(Cl)c3)no2)[nH]1. The fourth-order valence-corrected chi connectivity index (χ4v) is 3.24. The van der Waals surface area contributed by atoms with Crippen LogP contribution in [0.15, 0.2) is 69.2 Å². The quantitative estimate of drug-likeness (QED) is 0.403. The van der Waals surface area contributed by atoms with Crippen molar-refractivity contribution >= 4 is 23.4 Å². The first-order chi connectivity index (χ1) is 13.2. The summed E-state index contributed by atoms with van der Waals surface area (Å²) in [6.07, 6.45) is 1.65. The monoisotopic (exact) mass is 397 g/mol. The van der Waals surface area contributed by atoms with Crippen molar-refractivity contribution in [2.24, 2.45) is 0 Å². The largest absolute Gasteiger partial charge is 0.338 e. The summed E-state index contributed by atoms with van der Waals surface area (Å²) in [6.45, 7) is 0. The van der Waals surface area contributed by atoms with Crippen LogP contribution >= 0.6 is 23.4 Å². The molecule has 1 N–H and O–H groups in total. The Morgan fingerprint density at radius 2 is 2.00 bits per heavy atom. The topological polar surface area (TPSA) is 97.6 Å². The molecule has 27 heavy (non-hydrogen) atoms. The van der Waals surface area contributed by atoms with Gasteiger partial charge in [-0.1, -0.05) is 46.7 Å². The molecule has 0 aliphatic rings. The summed E-state index contributed by atoms with van der Waals surface area (Å²) in [6, 6.07) is 14.1. The molecule has 0 atom stereocenters. The number of benzene rings is 1. The molecular weight excluding hydrogens is 386 g/mol. The first-order valence-corrected chi connectivity index (χ1v) is 9.28. The molecule has 3 heterocycles. The standard InChI is InChI=1S/C18H12ClN5O2S/c19-12-5-3-4-11(8-12)17-23-16(26-24-17)10-27-18-21-14(9-15(25)22-18)13-6-1-2-7-20-13/h1-9H,10H2,(H,21,22,25). The second-order valence-electron chi connectivity index (χ2n) is 5.46. The molecule has 3 aromatic heterocycles. The third-order valence-corrected chi connectivity index (χ3v) is 4.62. The van der Waals surface area contributed by atoms with Gasteiger partial charge in [0.1, 0.15) is 0 Å². The van der Waals surface area contributed by atoms with Crippen molar-refractivity contribution in [2.45, 2.75) is 10.9 Å². The highest BCUT2D eigenvalue weighted by atomic mass is 35.5. The highest BCUT2D eigenvalue weighted by molar-refractivity contribution is 7.98. The van der Waals surface area contributed by atoms with E-state index < -0.39 is 0 Å². The third-order valence-electron chi connectivity index (χ3n) is 3.53. The molecule has 0 unspecified atom stereocenters. The lowest BCUT2D eigenvalue weighted by atomic mass is 10.2. The predicted molar refractivity (Wildman–Crippen MR) is 102 cm³/mol. The van der Waals surface area contributed by atoms with Crippen molar-refractivity contribution in [2.75, 3.05) is 0 Å². The van der Waals surface area contributed by atoms with Gasteiger partial charge in [-0.15, -0.1) is 0 Å². The molecule has 1 aromatic carbocycles. The Hall–Kier alpha value is -2.97. The molecule has 0 saturated heterocycles. The minimum absolute atomic E-state index is 0.252. The third kappa shape index (κ3) is 4.24. The first-order valence-electron chi connectivity index (χ1n) is 7.91. The van der Waals surface area contributed by atoms with Crippen LogP contribution < -0.4 is 5.56 Å². The van der Waals surface area contributed by atoms with E-state index in [1.54, 1.807) is 30.5 Å². The Morgan fingerprint density at radius 3 is 2.81 bits per heavy atom. The molecule has 0 saturated carbocycles. The highest BCUT2D eigenvalue weighted by Crippen LogP contribution is 2.23. The molecule has 0 radical (unpaired) electrons. The zero-order valence-electron chi connectivity index (χ0n) is 13.8. The Morgan fingerprint density at radius 1 is 1.07 bits per heavy atom. The molecule has 7 nitrogen and oxygen atoms in total. The van der Waals surface area contributed by atoms with Gasteiger partial charge in [0.2, 0.25) is 11.7 Å². The molecule has 0 aliphatic heterocycles. The summed E-state index contributed by atoms with van der Waals surface area (Å²) in [7, 11) is 0. The van der Waals surface area contributed by atoms with Crippen LogP contribution in [0, 0.1) is 0 Å². The average molecular weight is 398 g/mol. The molecule has 0 bridgehead atoms. The van der Waals surface area contributed by atoms with Crippen molar-refractivity contribution in [1.82, 2.24) is 25.1 Å². The lowest BCUT2D eigenvalue weighted by molar-refractivity contribution is 0.391. The smallest absolute Gasteiger partial charge is 0.252 e. The van der Waals surface area contributed by atoms with E-state index in [2.05, 4.69) is 25.1 Å². The number of hydrogen-bond acceptors (Lipinski definition) is 7. The lowest BCUT2D eigenvalue weighted by Crippen LogP contribution is -2.08. The molecule has 0 amide bonds. The van der Waals surface area contributed by atoms with Crippen LogP contribution in [-0.2, 0) is 5.75 Å². The van der Waals surface area contributed by atoms with Gasteiger partial charge in [-0.3, -0.25) is 9.78 Å². The maximum Gasteiger partial charge on any atom is 0.252 e. The van der Waals surface area contributed by atoms with Gasteiger partial charge in [-0.05, 0) is 24.3 Å². The molecule has 4 aromatic rings. The Kier molecular flexibility index (Phi) is 4.99. The fraction of sp³-hybridized carbons (Fsp3) is 0.0556. The van der Waals surface area contributed by atoms with E-state index in [-0.39, 0.29) is 5.56 Å². The minimum Gasteiger partial charge on any atom is -0.338 e. The zero-order chi connectivity index (χ0) is 18.6. The number of rotatable bonds is 5. The molecule has 0 fully saturated rings. The molecule has 9 heteroatoms. The summed E-state index contributed by atoms with van der Waals surface area (Å²) in [5.41, 5.74) is 1.66. The van der Waals surface area contributed by atoms with Crippen LogP contribution in [0.3, 0.4) is 0 Å². The number of nitrogens with one attached hydrogen (secondary N) is 1. The van der Waals surface area contributed by atoms with Gasteiger partial charge in [0.25, 0.3) is 5.56 Å². The summed E-state index contributed by atoms with van der Waals surface area (Å²) in [5.74, 6) is 1.24.